The van der Waals surface area contributed by atoms with Crippen molar-refractivity contribution in [3.8, 4) is 0 Å². The van der Waals surface area contributed by atoms with E-state index < -0.39 is 17.7 Å². The minimum absolute atomic E-state index is 0.439. The monoisotopic (exact) mass is 312 g/mol. The van der Waals surface area contributed by atoms with Gasteiger partial charge in [-0.1, -0.05) is 6.07 Å². The first-order chi connectivity index (χ1) is 10.5. The second kappa shape index (κ2) is 7.99. The zero-order valence-corrected chi connectivity index (χ0v) is 13.4. The van der Waals surface area contributed by atoms with Crippen molar-refractivity contribution in [3.05, 3.63) is 35.4 Å². The highest BCUT2D eigenvalue weighted by atomic mass is 19.2. The molecule has 0 aromatic heterocycles. The summed E-state index contributed by atoms with van der Waals surface area (Å²) in [6, 6.07) is 3.61. The number of aliphatic hydroxyl groups excluding tert-OH is 1. The van der Waals surface area contributed by atoms with Crippen LogP contribution >= 0.6 is 0 Å². The lowest BCUT2D eigenvalue weighted by molar-refractivity contribution is 0.0865. The zero-order chi connectivity index (χ0) is 16.1. The van der Waals surface area contributed by atoms with Gasteiger partial charge in [-0.25, -0.2) is 8.78 Å². The summed E-state index contributed by atoms with van der Waals surface area (Å²) in [6.07, 6.45) is 2.72. The van der Waals surface area contributed by atoms with Crippen LogP contribution in [-0.4, -0.2) is 55.2 Å². The Morgan fingerprint density at radius 1 is 1.23 bits per heavy atom. The first kappa shape index (κ1) is 17.3. The van der Waals surface area contributed by atoms with Crippen molar-refractivity contribution in [2.45, 2.75) is 25.4 Å². The summed E-state index contributed by atoms with van der Waals surface area (Å²) in [7, 11) is 4.18. The smallest absolute Gasteiger partial charge is 0.159 e. The number of β-amino-alcohol motifs (C(OH)–C–C–N with tert-alkyl or cyclic N) is 1. The molecule has 1 aliphatic rings. The minimum atomic E-state index is -0.904. The predicted octanol–water partition coefficient (Wildman–Crippen LogP) is 2.66. The summed E-state index contributed by atoms with van der Waals surface area (Å²) >= 11 is 0. The van der Waals surface area contributed by atoms with Crippen LogP contribution in [0.4, 0.5) is 8.78 Å². The second-order valence-electron chi connectivity index (χ2n) is 6.53. The molecule has 22 heavy (non-hydrogen) atoms. The Kier molecular flexibility index (Phi) is 6.29. The molecular formula is C17H26F2N2O. The van der Waals surface area contributed by atoms with Gasteiger partial charge in [-0.05, 0) is 76.6 Å². The Morgan fingerprint density at radius 2 is 1.91 bits per heavy atom. The molecular weight excluding hydrogens is 286 g/mol. The number of rotatable bonds is 6. The maximum atomic E-state index is 13.2. The fourth-order valence-corrected chi connectivity index (χ4v) is 2.97. The van der Waals surface area contributed by atoms with Crippen LogP contribution in [0.1, 0.15) is 30.9 Å². The summed E-state index contributed by atoms with van der Waals surface area (Å²) < 4.78 is 26.1. The lowest BCUT2D eigenvalue weighted by atomic mass is 9.93. The summed E-state index contributed by atoms with van der Waals surface area (Å²) in [6.45, 7) is 3.51. The Bertz CT molecular complexity index is 474. The molecule has 1 aromatic rings. The van der Waals surface area contributed by atoms with Gasteiger partial charge in [0.05, 0.1) is 6.10 Å². The van der Waals surface area contributed by atoms with Crippen LogP contribution in [0.25, 0.3) is 0 Å². The minimum Gasteiger partial charge on any atom is -0.387 e. The Labute approximate surface area is 131 Å². The number of hydrogen-bond acceptors (Lipinski definition) is 3. The molecule has 1 aromatic carbocycles. The van der Waals surface area contributed by atoms with Crippen molar-refractivity contribution >= 4 is 0 Å². The van der Waals surface area contributed by atoms with Crippen molar-refractivity contribution in [2.75, 3.05) is 40.3 Å². The quantitative estimate of drug-likeness (QED) is 0.875. The van der Waals surface area contributed by atoms with Gasteiger partial charge < -0.3 is 14.9 Å². The topological polar surface area (TPSA) is 26.7 Å². The highest BCUT2D eigenvalue weighted by molar-refractivity contribution is 5.20. The Balaban J connectivity index is 1.79. The van der Waals surface area contributed by atoms with E-state index in [1.165, 1.54) is 12.5 Å². The van der Waals surface area contributed by atoms with E-state index in [9.17, 15) is 13.9 Å². The molecule has 1 saturated heterocycles. The molecule has 1 aliphatic heterocycles. The fourth-order valence-electron chi connectivity index (χ4n) is 2.97. The molecule has 3 nitrogen and oxygen atoms in total. The SMILES string of the molecule is CN(C)CCC1CCN(CC(O)c2ccc(F)c(F)c2)CC1. The third-order valence-corrected chi connectivity index (χ3v) is 4.45. The fraction of sp³-hybridized carbons (Fsp3) is 0.647. The molecule has 1 fully saturated rings. The molecule has 5 heteroatoms. The van der Waals surface area contributed by atoms with E-state index in [2.05, 4.69) is 23.9 Å². The van der Waals surface area contributed by atoms with Gasteiger partial charge in [0.25, 0.3) is 0 Å². The van der Waals surface area contributed by atoms with Crippen LogP contribution in [0.3, 0.4) is 0 Å². The Morgan fingerprint density at radius 3 is 2.50 bits per heavy atom. The summed E-state index contributed by atoms with van der Waals surface area (Å²) in [5, 5.41) is 10.2. The number of halogens is 2. The van der Waals surface area contributed by atoms with E-state index in [4.69, 9.17) is 0 Å². The molecule has 1 unspecified atom stereocenters. The standard InChI is InChI=1S/C17H26F2N2O/c1-20(2)8-5-13-6-9-21(10-7-13)12-17(22)14-3-4-15(18)16(19)11-14/h3-4,11,13,17,22H,5-10,12H2,1-2H3. The highest BCUT2D eigenvalue weighted by Crippen LogP contribution is 2.23. The number of likely N-dealkylation sites (tertiary alicyclic amines) is 1. The average Bonchev–Trinajstić information content (AvgIpc) is 2.49. The third-order valence-electron chi connectivity index (χ3n) is 4.45. The van der Waals surface area contributed by atoms with Gasteiger partial charge >= 0.3 is 0 Å². The first-order valence-corrected chi connectivity index (χ1v) is 7.96. The van der Waals surface area contributed by atoms with Gasteiger partial charge in [0.15, 0.2) is 11.6 Å². The molecule has 124 valence electrons. The van der Waals surface area contributed by atoms with E-state index in [1.807, 2.05) is 0 Å². The van der Waals surface area contributed by atoms with Gasteiger partial charge in [0.2, 0.25) is 0 Å². The second-order valence-corrected chi connectivity index (χ2v) is 6.53. The van der Waals surface area contributed by atoms with Crippen molar-refractivity contribution in [1.82, 2.24) is 9.80 Å². The predicted molar refractivity (Wildman–Crippen MR) is 83.7 cm³/mol. The van der Waals surface area contributed by atoms with Gasteiger partial charge in [-0.15, -0.1) is 0 Å². The number of hydrogen-bond donors (Lipinski definition) is 1. The van der Waals surface area contributed by atoms with Crippen molar-refractivity contribution in [3.63, 3.8) is 0 Å². The lowest BCUT2D eigenvalue weighted by Gasteiger charge is -2.33. The van der Waals surface area contributed by atoms with Crippen molar-refractivity contribution < 1.29 is 13.9 Å². The maximum Gasteiger partial charge on any atom is 0.159 e. The van der Waals surface area contributed by atoms with Crippen LogP contribution in [0.5, 0.6) is 0 Å². The van der Waals surface area contributed by atoms with E-state index in [1.54, 1.807) is 0 Å². The van der Waals surface area contributed by atoms with Crippen LogP contribution in [-0.2, 0) is 0 Å². The van der Waals surface area contributed by atoms with Gasteiger partial charge in [0.1, 0.15) is 0 Å². The maximum absolute atomic E-state index is 13.2. The summed E-state index contributed by atoms with van der Waals surface area (Å²) in [5.74, 6) is -1.03. The summed E-state index contributed by atoms with van der Waals surface area (Å²) in [5.41, 5.74) is 0.439. The number of aliphatic hydroxyl groups is 1. The van der Waals surface area contributed by atoms with Crippen LogP contribution < -0.4 is 0 Å². The third kappa shape index (κ3) is 5.00. The van der Waals surface area contributed by atoms with Gasteiger partial charge in [0, 0.05) is 6.54 Å². The van der Waals surface area contributed by atoms with E-state index in [0.29, 0.717) is 12.1 Å². The van der Waals surface area contributed by atoms with E-state index >= 15 is 0 Å². The number of piperidine rings is 1. The van der Waals surface area contributed by atoms with Crippen LogP contribution in [0, 0.1) is 17.6 Å². The number of benzene rings is 1. The van der Waals surface area contributed by atoms with E-state index in [0.717, 1.165) is 50.5 Å². The Hall–Kier alpha value is -1.04. The molecule has 1 atom stereocenters. The molecule has 0 bridgehead atoms. The average molecular weight is 312 g/mol. The van der Waals surface area contributed by atoms with Crippen LogP contribution in [0.15, 0.2) is 18.2 Å². The molecule has 0 spiro atoms. The lowest BCUT2D eigenvalue weighted by Crippen LogP contribution is -2.37. The van der Waals surface area contributed by atoms with Crippen molar-refractivity contribution in [2.24, 2.45) is 5.92 Å². The normalized spacial score (nSPS) is 18.8. The highest BCUT2D eigenvalue weighted by Gasteiger charge is 2.22. The van der Waals surface area contributed by atoms with Crippen LogP contribution in [0.2, 0.25) is 0 Å². The largest absolute Gasteiger partial charge is 0.387 e. The molecule has 0 amide bonds. The first-order valence-electron chi connectivity index (χ1n) is 7.96. The zero-order valence-electron chi connectivity index (χ0n) is 13.4. The molecule has 0 radical (unpaired) electrons. The number of nitrogens with zero attached hydrogens (tertiary/aromatic N) is 2. The van der Waals surface area contributed by atoms with Gasteiger partial charge in [-0.2, -0.15) is 0 Å². The van der Waals surface area contributed by atoms with Gasteiger partial charge in [-0.3, -0.25) is 0 Å². The molecule has 1 heterocycles. The molecule has 2 rings (SSSR count). The van der Waals surface area contributed by atoms with Crippen molar-refractivity contribution in [1.29, 1.82) is 0 Å². The van der Waals surface area contributed by atoms with E-state index in [-0.39, 0.29) is 0 Å². The summed E-state index contributed by atoms with van der Waals surface area (Å²) in [4.78, 5) is 4.41. The molecule has 1 N–H and O–H groups in total. The molecule has 0 aliphatic carbocycles. The molecule has 0 saturated carbocycles.